The molecule has 0 unspecified atom stereocenters. The van der Waals surface area contributed by atoms with Gasteiger partial charge in [0.05, 0.1) is 30.0 Å². The molecule has 1 heterocycles. The van der Waals surface area contributed by atoms with Gasteiger partial charge in [-0.3, -0.25) is 14.9 Å². The van der Waals surface area contributed by atoms with Gasteiger partial charge in [0, 0.05) is 13.5 Å². The first-order valence-corrected chi connectivity index (χ1v) is 8.61. The zero-order valence-corrected chi connectivity index (χ0v) is 15.3. The van der Waals surface area contributed by atoms with Gasteiger partial charge in [-0.2, -0.15) is 0 Å². The minimum atomic E-state index is -0.587. The van der Waals surface area contributed by atoms with Crippen molar-refractivity contribution in [2.24, 2.45) is 7.05 Å². The summed E-state index contributed by atoms with van der Waals surface area (Å²) in [6, 6.07) is 4.19. The molecule has 0 saturated heterocycles. The van der Waals surface area contributed by atoms with Crippen molar-refractivity contribution in [2.75, 3.05) is 18.2 Å². The Labute approximate surface area is 153 Å². The van der Waals surface area contributed by atoms with Crippen molar-refractivity contribution >= 4 is 29.0 Å². The number of benzene rings is 1. The third-order valence-corrected chi connectivity index (χ3v) is 4.43. The molecule has 0 radical (unpaired) electrons. The first kappa shape index (κ1) is 19.7. The topological polar surface area (TPSA) is 132 Å². The zero-order chi connectivity index (χ0) is 19.3. The van der Waals surface area contributed by atoms with Crippen LogP contribution in [0.3, 0.4) is 0 Å². The lowest BCUT2D eigenvalue weighted by atomic mass is 10.2. The fourth-order valence-electron chi connectivity index (χ4n) is 2.12. The highest BCUT2D eigenvalue weighted by molar-refractivity contribution is 7.99. The molecule has 2 rings (SSSR count). The summed E-state index contributed by atoms with van der Waals surface area (Å²) in [7, 11) is 3.15. The van der Waals surface area contributed by atoms with Crippen molar-refractivity contribution in [3.05, 3.63) is 34.1 Å². The maximum Gasteiger partial charge on any atom is 0.296 e. The number of ether oxygens (including phenoxy) is 1. The molecule has 0 aliphatic rings. The maximum absolute atomic E-state index is 12.1. The van der Waals surface area contributed by atoms with Crippen molar-refractivity contribution < 1.29 is 19.6 Å². The molecule has 2 aromatic rings. The average molecular weight is 381 g/mol. The van der Waals surface area contributed by atoms with Crippen molar-refractivity contribution in [1.82, 2.24) is 14.8 Å². The van der Waals surface area contributed by atoms with Crippen molar-refractivity contribution in [3.63, 3.8) is 0 Å². The molecule has 1 atom stereocenters. The van der Waals surface area contributed by atoms with Crippen molar-refractivity contribution in [3.8, 4) is 5.75 Å². The molecule has 140 valence electrons. The normalized spacial score (nSPS) is 11.8. The molecule has 0 saturated carbocycles. The van der Waals surface area contributed by atoms with Gasteiger partial charge >= 0.3 is 0 Å². The number of hydrogen-bond donors (Lipinski definition) is 2. The number of aromatic nitrogens is 3. The third-order valence-electron chi connectivity index (χ3n) is 3.41. The Morgan fingerprint density at radius 2 is 2.23 bits per heavy atom. The van der Waals surface area contributed by atoms with Gasteiger partial charge in [-0.25, -0.2) is 0 Å². The predicted molar refractivity (Wildman–Crippen MR) is 95.4 cm³/mol. The summed E-state index contributed by atoms with van der Waals surface area (Å²) in [5.74, 6) is 0.523. The number of aliphatic hydroxyl groups is 1. The van der Waals surface area contributed by atoms with Crippen LogP contribution in [-0.4, -0.2) is 49.7 Å². The lowest BCUT2D eigenvalue weighted by Crippen LogP contribution is -2.15. The smallest absolute Gasteiger partial charge is 0.296 e. The van der Waals surface area contributed by atoms with Gasteiger partial charge in [-0.05, 0) is 19.1 Å². The van der Waals surface area contributed by atoms with E-state index in [2.05, 4.69) is 15.5 Å². The summed E-state index contributed by atoms with van der Waals surface area (Å²) < 4.78 is 6.65. The van der Waals surface area contributed by atoms with E-state index in [9.17, 15) is 20.0 Å². The van der Waals surface area contributed by atoms with Crippen LogP contribution < -0.4 is 10.1 Å². The van der Waals surface area contributed by atoms with Crippen LogP contribution in [0.2, 0.25) is 0 Å². The highest BCUT2D eigenvalue weighted by Gasteiger charge is 2.18. The van der Waals surface area contributed by atoms with E-state index in [4.69, 9.17) is 4.74 Å². The van der Waals surface area contributed by atoms with Gasteiger partial charge in [-0.1, -0.05) is 11.8 Å². The van der Waals surface area contributed by atoms with E-state index in [0.717, 1.165) is 11.8 Å². The summed E-state index contributed by atoms with van der Waals surface area (Å²) in [5.41, 5.74) is -0.158. The Balaban J connectivity index is 2.02. The fraction of sp³-hybridized carbons (Fsp3) is 0.400. The van der Waals surface area contributed by atoms with Gasteiger partial charge in [0.2, 0.25) is 5.91 Å². The largest absolute Gasteiger partial charge is 0.496 e. The molecule has 1 aromatic heterocycles. The highest BCUT2D eigenvalue weighted by Crippen LogP contribution is 2.29. The quantitative estimate of drug-likeness (QED) is 0.398. The molecule has 26 heavy (non-hydrogen) atoms. The summed E-state index contributed by atoms with van der Waals surface area (Å²) in [6.07, 6.45) is -0.191. The molecular formula is C15H19N5O5S. The molecule has 10 nitrogen and oxygen atoms in total. The van der Waals surface area contributed by atoms with Crippen molar-refractivity contribution in [1.29, 1.82) is 0 Å². The minimum absolute atomic E-state index is 0.00380. The number of nitrogens with one attached hydrogen (secondary N) is 1. The number of thioether (sulfide) groups is 1. The molecule has 1 aromatic carbocycles. The van der Waals surface area contributed by atoms with E-state index in [1.165, 1.54) is 25.3 Å². The van der Waals surface area contributed by atoms with Crippen LogP contribution in [0.25, 0.3) is 0 Å². The number of methoxy groups -OCH3 is 1. The van der Waals surface area contributed by atoms with Crippen LogP contribution in [0.4, 0.5) is 11.4 Å². The first-order chi connectivity index (χ1) is 12.3. The number of nitro groups is 1. The van der Waals surface area contributed by atoms with Crippen molar-refractivity contribution in [2.45, 2.75) is 24.6 Å². The molecule has 0 bridgehead atoms. The standard InChI is InChI=1S/C15H19N5O5S/c1-9(21)6-13-17-18-15(19(13)2)26-8-14(22)16-11-5-4-10(25-3)7-12(11)20(23)24/h4-5,7,9,21H,6,8H2,1-3H3,(H,16,22)/t9-/m1/s1. The predicted octanol–water partition coefficient (Wildman–Crippen LogP) is 1.39. The summed E-state index contributed by atoms with van der Waals surface area (Å²) in [6.45, 7) is 1.65. The Hall–Kier alpha value is -2.66. The number of hydrogen-bond acceptors (Lipinski definition) is 8. The second-order valence-electron chi connectivity index (χ2n) is 5.49. The fourth-order valence-corrected chi connectivity index (χ4v) is 2.85. The van der Waals surface area contributed by atoms with E-state index in [-0.39, 0.29) is 17.1 Å². The maximum atomic E-state index is 12.1. The van der Waals surface area contributed by atoms with E-state index in [1.54, 1.807) is 18.5 Å². The van der Waals surface area contributed by atoms with Crippen LogP contribution in [-0.2, 0) is 18.3 Å². The Kier molecular flexibility index (Phi) is 6.52. The number of carbonyl (C=O) groups excluding carboxylic acids is 1. The number of amides is 1. The monoisotopic (exact) mass is 381 g/mol. The van der Waals surface area contributed by atoms with Crippen LogP contribution in [0.1, 0.15) is 12.7 Å². The Morgan fingerprint density at radius 1 is 1.50 bits per heavy atom. The molecule has 0 spiro atoms. The molecule has 0 aliphatic carbocycles. The van der Waals surface area contributed by atoms with Crippen LogP contribution in [0, 0.1) is 10.1 Å². The van der Waals surface area contributed by atoms with E-state index >= 15 is 0 Å². The molecule has 1 amide bonds. The SMILES string of the molecule is COc1ccc(NC(=O)CSc2nnc(C[C@@H](C)O)n2C)c([N+](=O)[O-])c1. The molecule has 11 heteroatoms. The zero-order valence-electron chi connectivity index (χ0n) is 14.5. The number of rotatable bonds is 8. The lowest BCUT2D eigenvalue weighted by molar-refractivity contribution is -0.384. The van der Waals surface area contributed by atoms with E-state index < -0.39 is 16.9 Å². The van der Waals surface area contributed by atoms with Gasteiger partial charge in [0.15, 0.2) is 5.16 Å². The van der Waals surface area contributed by atoms with Gasteiger partial charge in [-0.15, -0.1) is 10.2 Å². The number of nitro benzene ring substituents is 1. The number of nitrogens with zero attached hydrogens (tertiary/aromatic N) is 4. The second-order valence-corrected chi connectivity index (χ2v) is 6.43. The first-order valence-electron chi connectivity index (χ1n) is 7.63. The Morgan fingerprint density at radius 3 is 2.85 bits per heavy atom. The Bertz CT molecular complexity index is 808. The van der Waals surface area contributed by atoms with Gasteiger partial charge < -0.3 is 19.7 Å². The summed E-state index contributed by atoms with van der Waals surface area (Å²) >= 11 is 1.15. The summed E-state index contributed by atoms with van der Waals surface area (Å²) in [4.78, 5) is 22.7. The minimum Gasteiger partial charge on any atom is -0.496 e. The molecular weight excluding hydrogens is 362 g/mol. The average Bonchev–Trinajstić information content (AvgIpc) is 2.92. The third kappa shape index (κ3) is 4.92. The highest BCUT2D eigenvalue weighted by atomic mass is 32.2. The summed E-state index contributed by atoms with van der Waals surface area (Å²) in [5, 5.41) is 31.5. The molecule has 0 aliphatic heterocycles. The van der Waals surface area contributed by atoms with E-state index in [0.29, 0.717) is 23.2 Å². The molecule has 2 N–H and O–H groups in total. The van der Waals surface area contributed by atoms with E-state index in [1.807, 2.05) is 0 Å². The lowest BCUT2D eigenvalue weighted by Gasteiger charge is -2.08. The van der Waals surface area contributed by atoms with Crippen LogP contribution in [0.5, 0.6) is 5.75 Å². The van der Waals surface area contributed by atoms with Crippen LogP contribution >= 0.6 is 11.8 Å². The van der Waals surface area contributed by atoms with Gasteiger partial charge in [0.1, 0.15) is 17.3 Å². The van der Waals surface area contributed by atoms with Crippen LogP contribution in [0.15, 0.2) is 23.4 Å². The van der Waals surface area contributed by atoms with Gasteiger partial charge in [0.25, 0.3) is 5.69 Å². The second kappa shape index (κ2) is 8.63. The number of carbonyl (C=O) groups is 1. The molecule has 0 fully saturated rings. The number of anilines is 1. The number of aliphatic hydroxyl groups excluding tert-OH is 1.